The Balaban J connectivity index is 0.00000220. The summed E-state index contributed by atoms with van der Waals surface area (Å²) in [7, 11) is 0. The van der Waals surface area contributed by atoms with Crippen LogP contribution in [0.2, 0.25) is 0 Å². The highest BCUT2D eigenvalue weighted by Gasteiger charge is 2.32. The van der Waals surface area contributed by atoms with E-state index < -0.39 is 11.9 Å². The molecule has 0 aromatic carbocycles. The Labute approximate surface area is 137 Å². The van der Waals surface area contributed by atoms with E-state index in [0.29, 0.717) is 12.5 Å². The largest absolute Gasteiger partial charge is 0.476 e. The van der Waals surface area contributed by atoms with Gasteiger partial charge in [0, 0.05) is 19.2 Å². The third-order valence-electron chi connectivity index (χ3n) is 2.56. The molecule has 0 atom stereocenters. The minimum absolute atomic E-state index is 0. The van der Waals surface area contributed by atoms with Gasteiger partial charge in [0.1, 0.15) is 12.3 Å². The van der Waals surface area contributed by atoms with Gasteiger partial charge in [-0.1, -0.05) is 6.07 Å². The van der Waals surface area contributed by atoms with Crippen LogP contribution < -0.4 is 15.4 Å². The lowest BCUT2D eigenvalue weighted by Gasteiger charge is -2.16. The van der Waals surface area contributed by atoms with Gasteiger partial charge in [-0.2, -0.15) is 13.2 Å². The molecule has 0 unspecified atom stereocenters. The molecule has 0 saturated carbocycles. The predicted octanol–water partition coefficient (Wildman–Crippen LogP) is 2.04. The fraction of sp³-hybridized carbons (Fsp3) is 0.500. The van der Waals surface area contributed by atoms with E-state index in [9.17, 15) is 13.2 Å². The number of guanidine groups is 1. The lowest BCUT2D eigenvalue weighted by Crippen LogP contribution is -2.42. The zero-order valence-electron chi connectivity index (χ0n) is 11.1. The van der Waals surface area contributed by atoms with Crippen molar-refractivity contribution in [2.24, 2.45) is 4.99 Å². The van der Waals surface area contributed by atoms with Gasteiger partial charge in [0.25, 0.3) is 0 Å². The Morgan fingerprint density at radius 2 is 2.14 bits per heavy atom. The number of hydrogen-bond donors (Lipinski definition) is 2. The monoisotopic (exact) mass is 416 g/mol. The van der Waals surface area contributed by atoms with Crippen molar-refractivity contribution in [3.63, 3.8) is 0 Å². The zero-order chi connectivity index (χ0) is 14.4. The van der Waals surface area contributed by atoms with Crippen LogP contribution in [0.25, 0.3) is 0 Å². The molecule has 5 nitrogen and oxygen atoms in total. The second-order valence-corrected chi connectivity index (χ2v) is 4.14. The van der Waals surface area contributed by atoms with Crippen LogP contribution in [0.15, 0.2) is 23.2 Å². The van der Waals surface area contributed by atoms with Crippen LogP contribution in [-0.4, -0.2) is 37.2 Å². The molecule has 0 radical (unpaired) electrons. The van der Waals surface area contributed by atoms with E-state index in [4.69, 9.17) is 4.74 Å². The third kappa shape index (κ3) is 5.94. The highest BCUT2D eigenvalue weighted by Crippen LogP contribution is 2.28. The van der Waals surface area contributed by atoms with Gasteiger partial charge in [-0.25, -0.2) is 4.98 Å². The average Bonchev–Trinajstić information content (AvgIpc) is 2.44. The Morgan fingerprint density at radius 3 is 2.81 bits per heavy atom. The van der Waals surface area contributed by atoms with Crippen molar-refractivity contribution in [3.8, 4) is 5.88 Å². The van der Waals surface area contributed by atoms with E-state index in [2.05, 4.69) is 20.6 Å². The van der Waals surface area contributed by atoms with Gasteiger partial charge in [0.15, 0.2) is 5.96 Å². The van der Waals surface area contributed by atoms with E-state index in [1.165, 1.54) is 12.1 Å². The van der Waals surface area contributed by atoms with Crippen molar-refractivity contribution in [1.29, 1.82) is 0 Å². The van der Waals surface area contributed by atoms with E-state index in [1.807, 2.05) is 0 Å². The summed E-state index contributed by atoms with van der Waals surface area (Å²) < 4.78 is 42.5. The summed E-state index contributed by atoms with van der Waals surface area (Å²) in [6.45, 7) is 2.27. The molecule has 1 aromatic heterocycles. The molecule has 1 aliphatic rings. The second kappa shape index (κ2) is 8.25. The standard InChI is InChI=1S/C12H15F3N4O.HI/c13-12(14,15)9-3-1-4-10(19-9)20-8-7-18-11-16-5-2-6-17-11;/h1,3-4H,2,5-8H2,(H2,16,17,18);1H. The Hall–Kier alpha value is -1.26. The lowest BCUT2D eigenvalue weighted by atomic mass is 10.3. The first-order valence-corrected chi connectivity index (χ1v) is 6.25. The molecule has 2 N–H and O–H groups in total. The maximum absolute atomic E-state index is 12.4. The van der Waals surface area contributed by atoms with Gasteiger partial charge in [-0.15, -0.1) is 24.0 Å². The third-order valence-corrected chi connectivity index (χ3v) is 2.56. The number of ether oxygens (including phenoxy) is 1. The minimum Gasteiger partial charge on any atom is -0.476 e. The first-order chi connectivity index (χ1) is 9.55. The number of alkyl halides is 3. The van der Waals surface area contributed by atoms with E-state index in [0.717, 1.165) is 25.6 Å². The van der Waals surface area contributed by atoms with Crippen LogP contribution in [0.1, 0.15) is 12.1 Å². The quantitative estimate of drug-likeness (QED) is 0.583. The SMILES string of the molecule is FC(F)(F)c1cccc(OCCNC2=NCCCN2)n1.I. The van der Waals surface area contributed by atoms with Crippen molar-refractivity contribution >= 4 is 29.9 Å². The molecule has 21 heavy (non-hydrogen) atoms. The molecule has 0 fully saturated rings. The molecule has 118 valence electrons. The predicted molar refractivity (Wildman–Crippen MR) is 83.1 cm³/mol. The molecule has 0 bridgehead atoms. The van der Waals surface area contributed by atoms with Crippen LogP contribution in [0.3, 0.4) is 0 Å². The molecule has 9 heteroatoms. The number of aromatic nitrogens is 1. The van der Waals surface area contributed by atoms with Crippen LogP contribution >= 0.6 is 24.0 Å². The molecule has 0 spiro atoms. The van der Waals surface area contributed by atoms with Crippen molar-refractivity contribution in [3.05, 3.63) is 23.9 Å². The number of pyridine rings is 1. The van der Waals surface area contributed by atoms with Gasteiger partial charge in [-0.05, 0) is 12.5 Å². The molecule has 2 heterocycles. The summed E-state index contributed by atoms with van der Waals surface area (Å²) in [5.74, 6) is 0.650. The number of aliphatic imine (C=N–C) groups is 1. The topological polar surface area (TPSA) is 58.5 Å². The average molecular weight is 416 g/mol. The first-order valence-electron chi connectivity index (χ1n) is 6.25. The van der Waals surface area contributed by atoms with Crippen LogP contribution in [0.5, 0.6) is 5.88 Å². The fourth-order valence-electron chi connectivity index (χ4n) is 1.63. The van der Waals surface area contributed by atoms with E-state index >= 15 is 0 Å². The smallest absolute Gasteiger partial charge is 0.433 e. The molecular formula is C12H16F3IN4O. The number of halogens is 4. The van der Waals surface area contributed by atoms with Crippen molar-refractivity contribution in [2.75, 3.05) is 26.2 Å². The fourth-order valence-corrected chi connectivity index (χ4v) is 1.63. The van der Waals surface area contributed by atoms with Crippen molar-refractivity contribution in [2.45, 2.75) is 12.6 Å². The Morgan fingerprint density at radius 1 is 1.33 bits per heavy atom. The van der Waals surface area contributed by atoms with Gasteiger partial charge in [0.2, 0.25) is 5.88 Å². The van der Waals surface area contributed by atoms with E-state index in [1.54, 1.807) is 0 Å². The van der Waals surface area contributed by atoms with Crippen molar-refractivity contribution < 1.29 is 17.9 Å². The highest BCUT2D eigenvalue weighted by atomic mass is 127. The zero-order valence-corrected chi connectivity index (χ0v) is 13.4. The van der Waals surface area contributed by atoms with Crippen LogP contribution in [0.4, 0.5) is 13.2 Å². The maximum atomic E-state index is 12.4. The van der Waals surface area contributed by atoms with Gasteiger partial charge in [0.05, 0.1) is 6.54 Å². The minimum atomic E-state index is -4.46. The summed E-state index contributed by atoms with van der Waals surface area (Å²) in [6.07, 6.45) is -3.46. The highest BCUT2D eigenvalue weighted by molar-refractivity contribution is 14.0. The maximum Gasteiger partial charge on any atom is 0.433 e. The first kappa shape index (κ1) is 17.8. The normalized spacial score (nSPS) is 14.5. The molecule has 0 amide bonds. The summed E-state index contributed by atoms with van der Waals surface area (Å²) >= 11 is 0. The molecule has 0 saturated heterocycles. The molecule has 1 aromatic rings. The summed E-state index contributed by atoms with van der Waals surface area (Å²) in [4.78, 5) is 7.60. The summed E-state index contributed by atoms with van der Waals surface area (Å²) in [5.41, 5.74) is -0.957. The molecule has 0 aliphatic carbocycles. The van der Waals surface area contributed by atoms with Crippen LogP contribution in [-0.2, 0) is 6.18 Å². The van der Waals surface area contributed by atoms with Gasteiger partial charge >= 0.3 is 6.18 Å². The number of rotatable bonds is 4. The molecule has 1 aliphatic heterocycles. The van der Waals surface area contributed by atoms with E-state index in [-0.39, 0.29) is 36.5 Å². The Kier molecular flexibility index (Phi) is 6.99. The van der Waals surface area contributed by atoms with Crippen molar-refractivity contribution in [1.82, 2.24) is 15.6 Å². The number of hydrogen-bond acceptors (Lipinski definition) is 5. The molecular weight excluding hydrogens is 400 g/mol. The number of nitrogens with zero attached hydrogens (tertiary/aromatic N) is 2. The summed E-state index contributed by atoms with van der Waals surface area (Å²) in [6, 6.07) is 3.57. The Bertz CT molecular complexity index is 482. The number of nitrogens with one attached hydrogen (secondary N) is 2. The second-order valence-electron chi connectivity index (χ2n) is 4.14. The lowest BCUT2D eigenvalue weighted by molar-refractivity contribution is -0.141. The summed E-state index contributed by atoms with van der Waals surface area (Å²) in [5, 5.41) is 6.07. The van der Waals surface area contributed by atoms with Crippen LogP contribution in [0, 0.1) is 0 Å². The van der Waals surface area contributed by atoms with Gasteiger partial charge in [-0.3, -0.25) is 4.99 Å². The van der Waals surface area contributed by atoms with Gasteiger partial charge < -0.3 is 15.4 Å². The molecule has 2 rings (SSSR count).